The highest BCUT2D eigenvalue weighted by atomic mass is 19.3. The van der Waals surface area contributed by atoms with Crippen molar-refractivity contribution in [3.8, 4) is 5.75 Å². The molecule has 1 rings (SSSR count). The van der Waals surface area contributed by atoms with Gasteiger partial charge in [0.2, 0.25) is 0 Å². The van der Waals surface area contributed by atoms with Crippen LogP contribution in [-0.2, 0) is 16.0 Å². The molecule has 0 radical (unpaired) electrons. The van der Waals surface area contributed by atoms with Crippen molar-refractivity contribution in [1.29, 1.82) is 0 Å². The Morgan fingerprint density at radius 3 is 2.67 bits per heavy atom. The third-order valence-corrected chi connectivity index (χ3v) is 2.30. The summed E-state index contributed by atoms with van der Waals surface area (Å²) in [5.74, 6) is -0.353. The number of carbonyl (C=O) groups is 1. The Morgan fingerprint density at radius 1 is 1.50 bits per heavy atom. The molecular formula is C12H15F2NO3. The normalized spacial score (nSPS) is 10.6. The summed E-state index contributed by atoms with van der Waals surface area (Å²) >= 11 is 0. The summed E-state index contributed by atoms with van der Waals surface area (Å²) < 4.78 is 35.5. The first-order valence-corrected chi connectivity index (χ1v) is 5.47. The van der Waals surface area contributed by atoms with Crippen molar-refractivity contribution in [3.63, 3.8) is 0 Å². The predicted octanol–water partition coefficient (Wildman–Crippen LogP) is 2.44. The van der Waals surface area contributed by atoms with Crippen molar-refractivity contribution in [2.45, 2.75) is 26.7 Å². The summed E-state index contributed by atoms with van der Waals surface area (Å²) in [6.07, 6.45) is -3.03. The SMILES string of the molecule is CCOC(=O)Cc1c(OC)cc(C)nc1C(F)F. The molecule has 0 aliphatic heterocycles. The molecule has 0 spiro atoms. The fourth-order valence-electron chi connectivity index (χ4n) is 1.59. The first kappa shape index (κ1) is 14.3. The van der Waals surface area contributed by atoms with E-state index in [-0.39, 0.29) is 24.3 Å². The molecule has 4 nitrogen and oxygen atoms in total. The van der Waals surface area contributed by atoms with Crippen molar-refractivity contribution >= 4 is 5.97 Å². The Morgan fingerprint density at radius 2 is 2.17 bits per heavy atom. The van der Waals surface area contributed by atoms with E-state index in [1.807, 2.05) is 0 Å². The molecule has 0 fully saturated rings. The lowest BCUT2D eigenvalue weighted by Gasteiger charge is -2.13. The van der Waals surface area contributed by atoms with E-state index in [1.165, 1.54) is 13.2 Å². The maximum atomic E-state index is 12.9. The molecule has 0 aliphatic rings. The maximum Gasteiger partial charge on any atom is 0.310 e. The topological polar surface area (TPSA) is 48.4 Å². The van der Waals surface area contributed by atoms with E-state index < -0.39 is 18.1 Å². The lowest BCUT2D eigenvalue weighted by Crippen LogP contribution is -2.12. The monoisotopic (exact) mass is 259 g/mol. The zero-order valence-corrected chi connectivity index (χ0v) is 10.5. The van der Waals surface area contributed by atoms with Crippen molar-refractivity contribution in [2.75, 3.05) is 13.7 Å². The molecular weight excluding hydrogens is 244 g/mol. The molecule has 1 aromatic rings. The van der Waals surface area contributed by atoms with Crippen LogP contribution in [0.25, 0.3) is 0 Å². The van der Waals surface area contributed by atoms with E-state index in [2.05, 4.69) is 4.98 Å². The average molecular weight is 259 g/mol. The second-order valence-electron chi connectivity index (χ2n) is 3.61. The van der Waals surface area contributed by atoms with Crippen molar-refractivity contribution < 1.29 is 23.0 Å². The number of ether oxygens (including phenoxy) is 2. The van der Waals surface area contributed by atoms with Gasteiger partial charge in [-0.3, -0.25) is 9.78 Å². The number of carbonyl (C=O) groups excluding carboxylic acids is 1. The summed E-state index contributed by atoms with van der Waals surface area (Å²) in [7, 11) is 1.36. The fraction of sp³-hybridized carbons (Fsp3) is 0.500. The smallest absolute Gasteiger partial charge is 0.310 e. The molecule has 100 valence electrons. The van der Waals surface area contributed by atoms with Gasteiger partial charge in [0.05, 0.1) is 20.1 Å². The van der Waals surface area contributed by atoms with E-state index >= 15 is 0 Å². The highest BCUT2D eigenvalue weighted by molar-refractivity contribution is 5.74. The van der Waals surface area contributed by atoms with Crippen molar-refractivity contribution in [1.82, 2.24) is 4.98 Å². The Bertz CT molecular complexity index is 436. The molecule has 0 bridgehead atoms. The van der Waals surface area contributed by atoms with Crippen molar-refractivity contribution in [2.24, 2.45) is 0 Å². The molecule has 0 unspecified atom stereocenters. The standard InChI is InChI=1S/C12H15F2NO3/c1-4-18-10(16)6-8-9(17-3)5-7(2)15-11(8)12(13)14/h5,12H,4,6H2,1-3H3. The van der Waals surface area contributed by atoms with Gasteiger partial charge in [-0.15, -0.1) is 0 Å². The third kappa shape index (κ3) is 3.38. The lowest BCUT2D eigenvalue weighted by atomic mass is 10.1. The van der Waals surface area contributed by atoms with Crippen LogP contribution in [0.5, 0.6) is 5.75 Å². The molecule has 1 heterocycles. The van der Waals surface area contributed by atoms with Gasteiger partial charge in [-0.2, -0.15) is 0 Å². The second kappa shape index (κ2) is 6.28. The quantitative estimate of drug-likeness (QED) is 0.762. The van der Waals surface area contributed by atoms with Gasteiger partial charge in [-0.1, -0.05) is 0 Å². The van der Waals surface area contributed by atoms with Crippen LogP contribution in [0.1, 0.15) is 30.3 Å². The number of hydrogen-bond donors (Lipinski definition) is 0. The Balaban J connectivity index is 3.16. The minimum Gasteiger partial charge on any atom is -0.496 e. The number of halogens is 2. The molecule has 0 N–H and O–H groups in total. The highest BCUT2D eigenvalue weighted by Crippen LogP contribution is 2.29. The Hall–Kier alpha value is -1.72. The summed E-state index contributed by atoms with van der Waals surface area (Å²) in [6, 6.07) is 1.51. The zero-order valence-electron chi connectivity index (χ0n) is 10.5. The number of methoxy groups -OCH3 is 1. The molecule has 1 aromatic heterocycles. The van der Waals surface area contributed by atoms with Crippen LogP contribution in [0.15, 0.2) is 6.07 Å². The Labute approximate surface area is 104 Å². The molecule has 0 saturated carbocycles. The van der Waals surface area contributed by atoms with Crippen LogP contribution in [0.3, 0.4) is 0 Å². The number of esters is 1. The summed E-state index contributed by atoms with van der Waals surface area (Å²) in [6.45, 7) is 3.43. The van der Waals surface area contributed by atoms with Gasteiger partial charge in [-0.05, 0) is 13.8 Å². The molecule has 0 atom stereocenters. The van der Waals surface area contributed by atoms with Crippen LogP contribution in [0.2, 0.25) is 0 Å². The van der Waals surface area contributed by atoms with Gasteiger partial charge in [0.25, 0.3) is 6.43 Å². The molecule has 18 heavy (non-hydrogen) atoms. The number of aryl methyl sites for hydroxylation is 1. The fourth-order valence-corrected chi connectivity index (χ4v) is 1.59. The number of rotatable bonds is 5. The minimum atomic E-state index is -2.76. The van der Waals surface area contributed by atoms with Gasteiger partial charge in [0.15, 0.2) is 0 Å². The zero-order chi connectivity index (χ0) is 13.7. The molecule has 0 saturated heterocycles. The highest BCUT2D eigenvalue weighted by Gasteiger charge is 2.22. The number of alkyl halides is 2. The van der Waals surface area contributed by atoms with E-state index in [4.69, 9.17) is 9.47 Å². The van der Waals surface area contributed by atoms with E-state index in [0.29, 0.717) is 5.69 Å². The third-order valence-electron chi connectivity index (χ3n) is 2.30. The minimum absolute atomic E-state index is 0.0801. The largest absolute Gasteiger partial charge is 0.496 e. The molecule has 6 heteroatoms. The van der Waals surface area contributed by atoms with Crippen LogP contribution in [-0.4, -0.2) is 24.7 Å². The van der Waals surface area contributed by atoms with Crippen molar-refractivity contribution in [3.05, 3.63) is 23.0 Å². The summed E-state index contributed by atoms with van der Waals surface area (Å²) in [5.41, 5.74) is 0.0613. The van der Waals surface area contributed by atoms with Gasteiger partial charge < -0.3 is 9.47 Å². The van der Waals surface area contributed by atoms with Gasteiger partial charge in [0.1, 0.15) is 11.4 Å². The summed E-state index contributed by atoms with van der Waals surface area (Å²) in [5, 5.41) is 0. The van der Waals surface area contributed by atoms with Gasteiger partial charge in [-0.25, -0.2) is 8.78 Å². The predicted molar refractivity (Wildman–Crippen MR) is 60.8 cm³/mol. The van der Waals surface area contributed by atoms with Gasteiger partial charge >= 0.3 is 5.97 Å². The maximum absolute atomic E-state index is 12.9. The number of aromatic nitrogens is 1. The molecule has 0 aliphatic carbocycles. The Kier molecular flexibility index (Phi) is 5.00. The van der Waals surface area contributed by atoms with Crippen LogP contribution >= 0.6 is 0 Å². The van der Waals surface area contributed by atoms with Crippen LogP contribution < -0.4 is 4.74 Å². The van der Waals surface area contributed by atoms with E-state index in [1.54, 1.807) is 13.8 Å². The van der Waals surface area contributed by atoms with Gasteiger partial charge in [0, 0.05) is 17.3 Å². The first-order chi connectivity index (χ1) is 8.49. The molecule has 0 amide bonds. The van der Waals surface area contributed by atoms with E-state index in [0.717, 1.165) is 0 Å². The second-order valence-corrected chi connectivity index (χ2v) is 3.61. The van der Waals surface area contributed by atoms with Crippen LogP contribution in [0, 0.1) is 6.92 Å². The summed E-state index contributed by atoms with van der Waals surface area (Å²) in [4.78, 5) is 15.1. The van der Waals surface area contributed by atoms with Crippen LogP contribution in [0.4, 0.5) is 8.78 Å². The number of hydrogen-bond acceptors (Lipinski definition) is 4. The first-order valence-electron chi connectivity index (χ1n) is 5.47. The number of nitrogens with zero attached hydrogens (tertiary/aromatic N) is 1. The average Bonchev–Trinajstić information content (AvgIpc) is 2.30. The molecule has 0 aromatic carbocycles. The van der Waals surface area contributed by atoms with E-state index in [9.17, 15) is 13.6 Å². The number of pyridine rings is 1. The lowest BCUT2D eigenvalue weighted by molar-refractivity contribution is -0.142.